The first-order valence-corrected chi connectivity index (χ1v) is 6.33. The fraction of sp³-hybridized carbons (Fsp3) is 0.800. The lowest BCUT2D eigenvalue weighted by Crippen LogP contribution is -2.42. The van der Waals surface area contributed by atoms with Crippen LogP contribution in [0, 0.1) is 0 Å². The van der Waals surface area contributed by atoms with E-state index in [-0.39, 0.29) is 10.8 Å². The maximum Gasteiger partial charge on any atom is 0.0842 e. The first kappa shape index (κ1) is 11.0. The highest BCUT2D eigenvalue weighted by Crippen LogP contribution is 2.40. The van der Waals surface area contributed by atoms with Gasteiger partial charge < -0.3 is 5.73 Å². The molecule has 1 aromatic heterocycles. The van der Waals surface area contributed by atoms with Crippen LogP contribution in [0.2, 0.25) is 0 Å². The summed E-state index contributed by atoms with van der Waals surface area (Å²) in [6.07, 6.45) is 5.29. The average Bonchev–Trinajstić information content (AvgIpc) is 2.76. The van der Waals surface area contributed by atoms with Crippen LogP contribution in [-0.2, 0) is 13.5 Å². The maximum absolute atomic E-state index is 6.26. The molecule has 84 valence electrons. The van der Waals surface area contributed by atoms with Crippen molar-refractivity contribution in [3.8, 4) is 0 Å². The monoisotopic (exact) mass is 226 g/mol. The quantitative estimate of drug-likeness (QED) is 0.834. The standard InChI is InChI=1S/C10H18N4S/c1-10(4-3-5-15-10)9(11)6-8-7-14(2)13-12-8/h7,9H,3-6,11H2,1-2H3. The van der Waals surface area contributed by atoms with Crippen LogP contribution in [0.4, 0.5) is 0 Å². The number of hydrogen-bond acceptors (Lipinski definition) is 4. The van der Waals surface area contributed by atoms with E-state index in [1.165, 1.54) is 18.6 Å². The minimum absolute atomic E-state index is 0.182. The molecule has 0 radical (unpaired) electrons. The van der Waals surface area contributed by atoms with Crippen LogP contribution >= 0.6 is 11.8 Å². The Kier molecular flexibility index (Phi) is 3.02. The smallest absolute Gasteiger partial charge is 0.0842 e. The predicted molar refractivity (Wildman–Crippen MR) is 62.8 cm³/mol. The molecule has 4 nitrogen and oxygen atoms in total. The molecule has 2 unspecified atom stereocenters. The first-order valence-electron chi connectivity index (χ1n) is 5.35. The maximum atomic E-state index is 6.26. The van der Waals surface area contributed by atoms with Crippen molar-refractivity contribution in [3.63, 3.8) is 0 Å². The van der Waals surface area contributed by atoms with E-state index in [2.05, 4.69) is 17.2 Å². The fourth-order valence-electron chi connectivity index (χ4n) is 2.02. The highest BCUT2D eigenvalue weighted by Gasteiger charge is 2.35. The van der Waals surface area contributed by atoms with Gasteiger partial charge in [0.05, 0.1) is 5.69 Å². The third-order valence-corrected chi connectivity index (χ3v) is 4.77. The van der Waals surface area contributed by atoms with Crippen LogP contribution in [-0.4, -0.2) is 31.5 Å². The Morgan fingerprint density at radius 3 is 3.07 bits per heavy atom. The Labute approximate surface area is 94.6 Å². The lowest BCUT2D eigenvalue weighted by Gasteiger charge is -2.29. The van der Waals surface area contributed by atoms with Crippen molar-refractivity contribution in [1.29, 1.82) is 0 Å². The second-order valence-electron chi connectivity index (χ2n) is 4.46. The van der Waals surface area contributed by atoms with Gasteiger partial charge in [-0.2, -0.15) is 11.8 Å². The molecule has 1 fully saturated rings. The van der Waals surface area contributed by atoms with Crippen LogP contribution in [0.5, 0.6) is 0 Å². The largest absolute Gasteiger partial charge is 0.326 e. The van der Waals surface area contributed by atoms with Crippen LogP contribution in [0.1, 0.15) is 25.5 Å². The van der Waals surface area contributed by atoms with E-state index in [1.54, 1.807) is 4.68 Å². The SMILES string of the molecule is Cn1cc(CC(N)C2(C)CCCS2)nn1. The van der Waals surface area contributed by atoms with Gasteiger partial charge >= 0.3 is 0 Å². The fourth-order valence-corrected chi connectivity index (χ4v) is 3.36. The van der Waals surface area contributed by atoms with E-state index < -0.39 is 0 Å². The summed E-state index contributed by atoms with van der Waals surface area (Å²) < 4.78 is 1.96. The van der Waals surface area contributed by atoms with Crippen molar-refractivity contribution in [2.45, 2.75) is 37.0 Å². The minimum Gasteiger partial charge on any atom is -0.326 e. The number of aryl methyl sites for hydroxylation is 1. The highest BCUT2D eigenvalue weighted by molar-refractivity contribution is 8.00. The molecule has 0 saturated carbocycles. The Hall–Kier alpha value is -0.550. The van der Waals surface area contributed by atoms with Gasteiger partial charge in [0.2, 0.25) is 0 Å². The number of nitrogens with zero attached hydrogens (tertiary/aromatic N) is 3. The normalized spacial score (nSPS) is 28.2. The topological polar surface area (TPSA) is 56.7 Å². The van der Waals surface area contributed by atoms with Crippen molar-refractivity contribution < 1.29 is 0 Å². The number of hydrogen-bond donors (Lipinski definition) is 1. The summed E-state index contributed by atoms with van der Waals surface area (Å²) in [4.78, 5) is 0. The molecule has 1 aliphatic heterocycles. The number of thioether (sulfide) groups is 1. The minimum atomic E-state index is 0.182. The summed E-state index contributed by atoms with van der Waals surface area (Å²) in [6.45, 7) is 2.27. The van der Waals surface area contributed by atoms with Gasteiger partial charge in [-0.1, -0.05) is 5.21 Å². The average molecular weight is 226 g/mol. The summed E-state index contributed by atoms with van der Waals surface area (Å²) in [6, 6.07) is 0.182. The third kappa shape index (κ3) is 2.34. The summed E-state index contributed by atoms with van der Waals surface area (Å²) in [5.74, 6) is 1.24. The van der Waals surface area contributed by atoms with Gasteiger partial charge in [0.15, 0.2) is 0 Å². The van der Waals surface area contributed by atoms with Crippen molar-refractivity contribution in [2.75, 3.05) is 5.75 Å². The van der Waals surface area contributed by atoms with Gasteiger partial charge in [-0.15, -0.1) is 5.10 Å². The van der Waals surface area contributed by atoms with E-state index in [9.17, 15) is 0 Å². The first-order chi connectivity index (χ1) is 7.10. The molecule has 5 heteroatoms. The zero-order chi connectivity index (χ0) is 10.9. The summed E-state index contributed by atoms with van der Waals surface area (Å²) in [5.41, 5.74) is 7.26. The molecule has 2 atom stereocenters. The van der Waals surface area contributed by atoms with Gasteiger partial charge in [0.25, 0.3) is 0 Å². The molecule has 1 aliphatic rings. The molecular formula is C10H18N4S. The van der Waals surface area contributed by atoms with E-state index in [4.69, 9.17) is 5.73 Å². The third-order valence-electron chi connectivity index (χ3n) is 3.11. The molecule has 0 aliphatic carbocycles. The molecule has 2 heterocycles. The van der Waals surface area contributed by atoms with Gasteiger partial charge in [0, 0.05) is 30.5 Å². The second kappa shape index (κ2) is 4.14. The van der Waals surface area contributed by atoms with Crippen molar-refractivity contribution in [1.82, 2.24) is 15.0 Å². The highest BCUT2D eigenvalue weighted by atomic mass is 32.2. The molecule has 1 saturated heterocycles. The second-order valence-corrected chi connectivity index (χ2v) is 6.09. The van der Waals surface area contributed by atoms with Gasteiger partial charge in [0.1, 0.15) is 0 Å². The molecule has 2 rings (SSSR count). The molecule has 2 N–H and O–H groups in total. The van der Waals surface area contributed by atoms with Crippen molar-refractivity contribution >= 4 is 11.8 Å². The van der Waals surface area contributed by atoms with Crippen LogP contribution < -0.4 is 5.73 Å². The van der Waals surface area contributed by atoms with Crippen LogP contribution in [0.25, 0.3) is 0 Å². The predicted octanol–water partition coefficient (Wildman–Crippen LogP) is 0.971. The van der Waals surface area contributed by atoms with Gasteiger partial charge in [-0.05, 0) is 25.5 Å². The molecule has 0 spiro atoms. The van der Waals surface area contributed by atoms with Crippen LogP contribution in [0.3, 0.4) is 0 Å². The number of nitrogens with two attached hydrogens (primary N) is 1. The summed E-state index contributed by atoms with van der Waals surface area (Å²) in [5, 5.41) is 8.01. The van der Waals surface area contributed by atoms with E-state index in [0.29, 0.717) is 0 Å². The van der Waals surface area contributed by atoms with Gasteiger partial charge in [-0.25, -0.2) is 0 Å². The molecule has 15 heavy (non-hydrogen) atoms. The number of rotatable bonds is 3. The van der Waals surface area contributed by atoms with E-state index in [0.717, 1.165) is 12.1 Å². The molecule has 1 aromatic rings. The Morgan fingerprint density at radius 2 is 2.53 bits per heavy atom. The zero-order valence-electron chi connectivity index (χ0n) is 9.31. The van der Waals surface area contributed by atoms with Crippen LogP contribution in [0.15, 0.2) is 6.20 Å². The summed E-state index contributed by atoms with van der Waals surface area (Å²) >= 11 is 2.00. The molecule has 0 aromatic carbocycles. The zero-order valence-corrected chi connectivity index (χ0v) is 10.1. The lowest BCUT2D eigenvalue weighted by molar-refractivity contribution is 0.479. The lowest BCUT2D eigenvalue weighted by atomic mass is 9.93. The summed E-state index contributed by atoms with van der Waals surface area (Å²) in [7, 11) is 1.88. The molecule has 0 amide bonds. The van der Waals surface area contributed by atoms with E-state index >= 15 is 0 Å². The Balaban J connectivity index is 1.99. The van der Waals surface area contributed by atoms with E-state index in [1.807, 2.05) is 25.0 Å². The molecule has 0 bridgehead atoms. The Morgan fingerprint density at radius 1 is 1.73 bits per heavy atom. The Bertz CT molecular complexity index is 330. The van der Waals surface area contributed by atoms with Crippen molar-refractivity contribution in [3.05, 3.63) is 11.9 Å². The van der Waals surface area contributed by atoms with Crippen molar-refractivity contribution in [2.24, 2.45) is 12.8 Å². The van der Waals surface area contributed by atoms with Gasteiger partial charge in [-0.3, -0.25) is 4.68 Å². The molecular weight excluding hydrogens is 208 g/mol. The number of aromatic nitrogens is 3.